The van der Waals surface area contributed by atoms with Crippen molar-refractivity contribution in [2.24, 2.45) is 5.73 Å². The SMILES string of the molecule is CC(N)n1c2ccccc2c2ccc(C(F)(F)F)cc21. The lowest BCUT2D eigenvalue weighted by molar-refractivity contribution is -0.137. The first-order valence-electron chi connectivity index (χ1n) is 6.25. The van der Waals surface area contributed by atoms with Crippen LogP contribution in [0.25, 0.3) is 21.8 Å². The normalized spacial score (nSPS) is 14.1. The van der Waals surface area contributed by atoms with Crippen LogP contribution >= 0.6 is 0 Å². The molecular formula is C15H13F3N2. The second-order valence-electron chi connectivity index (χ2n) is 4.86. The molecule has 3 aromatic rings. The van der Waals surface area contributed by atoms with Crippen LogP contribution in [-0.4, -0.2) is 4.57 Å². The summed E-state index contributed by atoms with van der Waals surface area (Å²) in [5.41, 5.74) is 6.63. The van der Waals surface area contributed by atoms with E-state index in [-0.39, 0.29) is 0 Å². The second kappa shape index (κ2) is 4.24. The molecule has 0 spiro atoms. The van der Waals surface area contributed by atoms with E-state index < -0.39 is 17.9 Å². The number of para-hydroxylation sites is 1. The van der Waals surface area contributed by atoms with Crippen LogP contribution in [0.4, 0.5) is 13.2 Å². The molecule has 0 aliphatic rings. The number of nitrogens with two attached hydrogens (primary N) is 1. The van der Waals surface area contributed by atoms with E-state index in [2.05, 4.69) is 0 Å². The maximum atomic E-state index is 12.9. The van der Waals surface area contributed by atoms with Crippen molar-refractivity contribution < 1.29 is 13.2 Å². The molecule has 20 heavy (non-hydrogen) atoms. The highest BCUT2D eigenvalue weighted by Gasteiger charge is 2.31. The molecule has 0 aliphatic carbocycles. The fourth-order valence-corrected chi connectivity index (χ4v) is 2.62. The average molecular weight is 278 g/mol. The zero-order valence-electron chi connectivity index (χ0n) is 10.8. The molecule has 1 unspecified atom stereocenters. The van der Waals surface area contributed by atoms with Crippen LogP contribution < -0.4 is 5.73 Å². The van der Waals surface area contributed by atoms with E-state index in [0.29, 0.717) is 5.52 Å². The molecule has 5 heteroatoms. The van der Waals surface area contributed by atoms with Gasteiger partial charge in [0.2, 0.25) is 0 Å². The Bertz CT molecular complexity index is 785. The van der Waals surface area contributed by atoms with Crippen LogP contribution in [0.15, 0.2) is 42.5 Å². The summed E-state index contributed by atoms with van der Waals surface area (Å²) in [5.74, 6) is 0. The van der Waals surface area contributed by atoms with Crippen LogP contribution in [0.1, 0.15) is 18.7 Å². The summed E-state index contributed by atoms with van der Waals surface area (Å²) in [7, 11) is 0. The Morgan fingerprint density at radius 1 is 1.00 bits per heavy atom. The molecule has 104 valence electrons. The van der Waals surface area contributed by atoms with Gasteiger partial charge in [-0.1, -0.05) is 24.3 Å². The highest BCUT2D eigenvalue weighted by Crippen LogP contribution is 2.36. The molecule has 0 aliphatic heterocycles. The molecule has 0 radical (unpaired) electrons. The summed E-state index contributed by atoms with van der Waals surface area (Å²) < 4.78 is 40.3. The predicted octanol–water partition coefficient (Wildman–Crippen LogP) is 4.29. The number of halogens is 3. The van der Waals surface area contributed by atoms with Crippen LogP contribution in [0.3, 0.4) is 0 Å². The number of hydrogen-bond donors (Lipinski definition) is 1. The minimum absolute atomic E-state index is 0.402. The smallest absolute Gasteiger partial charge is 0.325 e. The maximum absolute atomic E-state index is 12.9. The van der Waals surface area contributed by atoms with Gasteiger partial charge in [0.15, 0.2) is 0 Å². The third-order valence-electron chi connectivity index (χ3n) is 3.45. The van der Waals surface area contributed by atoms with Crippen molar-refractivity contribution in [2.45, 2.75) is 19.3 Å². The molecule has 2 N–H and O–H groups in total. The van der Waals surface area contributed by atoms with E-state index in [9.17, 15) is 13.2 Å². The highest BCUT2D eigenvalue weighted by molar-refractivity contribution is 6.08. The van der Waals surface area contributed by atoms with E-state index >= 15 is 0 Å². The third-order valence-corrected chi connectivity index (χ3v) is 3.45. The van der Waals surface area contributed by atoms with Crippen molar-refractivity contribution in [3.63, 3.8) is 0 Å². The van der Waals surface area contributed by atoms with Crippen LogP contribution in [0.2, 0.25) is 0 Å². The maximum Gasteiger partial charge on any atom is 0.416 e. The minimum atomic E-state index is -4.35. The van der Waals surface area contributed by atoms with Crippen molar-refractivity contribution in [3.8, 4) is 0 Å². The quantitative estimate of drug-likeness (QED) is 0.707. The lowest BCUT2D eigenvalue weighted by atomic mass is 10.1. The minimum Gasteiger partial charge on any atom is -0.325 e. The number of fused-ring (bicyclic) bond motifs is 3. The molecule has 0 fully saturated rings. The molecule has 0 saturated heterocycles. The summed E-state index contributed by atoms with van der Waals surface area (Å²) in [6.07, 6.45) is -4.76. The zero-order chi connectivity index (χ0) is 14.5. The molecule has 1 heterocycles. The Labute approximate surface area is 113 Å². The first-order valence-corrected chi connectivity index (χ1v) is 6.25. The Balaban J connectivity index is 2.45. The largest absolute Gasteiger partial charge is 0.416 e. The van der Waals surface area contributed by atoms with E-state index in [0.717, 1.165) is 22.4 Å². The fraction of sp³-hybridized carbons (Fsp3) is 0.200. The topological polar surface area (TPSA) is 30.9 Å². The summed E-state index contributed by atoms with van der Waals surface area (Å²) in [5, 5.41) is 1.69. The van der Waals surface area contributed by atoms with Gasteiger partial charge in [-0.15, -0.1) is 0 Å². The molecule has 0 saturated carbocycles. The van der Waals surface area contributed by atoms with Crippen molar-refractivity contribution in [3.05, 3.63) is 48.0 Å². The zero-order valence-corrected chi connectivity index (χ0v) is 10.8. The van der Waals surface area contributed by atoms with Crippen LogP contribution in [0, 0.1) is 0 Å². The van der Waals surface area contributed by atoms with E-state index in [1.807, 2.05) is 24.3 Å². The standard InChI is InChI=1S/C15H13F3N2/c1-9(19)20-13-5-3-2-4-11(13)12-7-6-10(8-14(12)20)15(16,17)18/h2-9H,19H2,1H3. The number of hydrogen-bond acceptors (Lipinski definition) is 1. The molecule has 1 aromatic heterocycles. The lowest BCUT2D eigenvalue weighted by Crippen LogP contribution is -2.14. The average Bonchev–Trinajstić information content (AvgIpc) is 2.71. The van der Waals surface area contributed by atoms with Crippen LogP contribution in [0.5, 0.6) is 0 Å². The van der Waals surface area contributed by atoms with Gasteiger partial charge in [0.1, 0.15) is 0 Å². The van der Waals surface area contributed by atoms with Gasteiger partial charge >= 0.3 is 6.18 Å². The molecule has 0 bridgehead atoms. The molecule has 1 atom stereocenters. The van der Waals surface area contributed by atoms with E-state index in [4.69, 9.17) is 5.73 Å². The van der Waals surface area contributed by atoms with Gasteiger partial charge in [-0.3, -0.25) is 0 Å². The fourth-order valence-electron chi connectivity index (χ4n) is 2.62. The van der Waals surface area contributed by atoms with Crippen molar-refractivity contribution in [1.82, 2.24) is 4.57 Å². The highest BCUT2D eigenvalue weighted by atomic mass is 19.4. The van der Waals surface area contributed by atoms with Gasteiger partial charge < -0.3 is 10.3 Å². The Hall–Kier alpha value is -2.01. The second-order valence-corrected chi connectivity index (χ2v) is 4.86. The number of aromatic nitrogens is 1. The molecular weight excluding hydrogens is 265 g/mol. The van der Waals surface area contributed by atoms with Gasteiger partial charge in [-0.25, -0.2) is 0 Å². The van der Waals surface area contributed by atoms with Gasteiger partial charge in [-0.2, -0.15) is 13.2 Å². The summed E-state index contributed by atoms with van der Waals surface area (Å²) >= 11 is 0. The number of alkyl halides is 3. The van der Waals surface area contributed by atoms with Crippen molar-refractivity contribution >= 4 is 21.8 Å². The molecule has 2 aromatic carbocycles. The van der Waals surface area contributed by atoms with E-state index in [1.54, 1.807) is 11.5 Å². The van der Waals surface area contributed by atoms with Gasteiger partial charge in [-0.05, 0) is 25.1 Å². The number of nitrogens with zero attached hydrogens (tertiary/aromatic N) is 1. The predicted molar refractivity (Wildman–Crippen MR) is 73.3 cm³/mol. The van der Waals surface area contributed by atoms with E-state index in [1.165, 1.54) is 12.1 Å². The van der Waals surface area contributed by atoms with Crippen LogP contribution in [-0.2, 0) is 6.18 Å². The Morgan fingerprint density at radius 2 is 1.65 bits per heavy atom. The Morgan fingerprint density at radius 3 is 2.30 bits per heavy atom. The molecule has 2 nitrogen and oxygen atoms in total. The van der Waals surface area contributed by atoms with Gasteiger partial charge in [0.25, 0.3) is 0 Å². The van der Waals surface area contributed by atoms with Gasteiger partial charge in [0.05, 0.1) is 22.8 Å². The first-order chi connectivity index (χ1) is 9.39. The van der Waals surface area contributed by atoms with Gasteiger partial charge in [0, 0.05) is 10.8 Å². The third kappa shape index (κ3) is 1.86. The summed E-state index contributed by atoms with van der Waals surface area (Å²) in [6, 6.07) is 11.3. The molecule has 3 rings (SSSR count). The number of rotatable bonds is 1. The van der Waals surface area contributed by atoms with Crippen molar-refractivity contribution in [2.75, 3.05) is 0 Å². The monoisotopic (exact) mass is 278 g/mol. The number of benzene rings is 2. The lowest BCUT2D eigenvalue weighted by Gasteiger charge is -2.13. The Kier molecular flexibility index (Phi) is 2.76. The summed E-state index contributed by atoms with van der Waals surface area (Å²) in [6.45, 7) is 1.76. The van der Waals surface area contributed by atoms with Crippen molar-refractivity contribution in [1.29, 1.82) is 0 Å². The molecule has 0 amide bonds. The summed E-state index contributed by atoms with van der Waals surface area (Å²) in [4.78, 5) is 0. The first kappa shape index (κ1) is 13.0.